The van der Waals surface area contributed by atoms with E-state index in [4.69, 9.17) is 18.0 Å². The number of carbonyl (C=O) groups excluding carboxylic acids is 1. The Morgan fingerprint density at radius 1 is 1.03 bits per heavy atom. The number of hydrogen-bond acceptors (Lipinski definition) is 2. The van der Waals surface area contributed by atoms with Crippen LogP contribution >= 0.6 is 11.6 Å². The fourth-order valence-electron chi connectivity index (χ4n) is 3.29. The van der Waals surface area contributed by atoms with Crippen LogP contribution in [0.1, 0.15) is 22.3 Å². The molecular formula is C28H24ClNO. The van der Waals surface area contributed by atoms with Crippen molar-refractivity contribution < 1.29 is 4.79 Å². The van der Waals surface area contributed by atoms with Gasteiger partial charge < -0.3 is 0 Å². The van der Waals surface area contributed by atoms with Gasteiger partial charge in [0.1, 0.15) is 0 Å². The number of benzene rings is 3. The predicted molar refractivity (Wildman–Crippen MR) is 131 cm³/mol. The van der Waals surface area contributed by atoms with Gasteiger partial charge in [0.15, 0.2) is 5.78 Å². The van der Waals surface area contributed by atoms with Crippen LogP contribution in [0.15, 0.2) is 91.0 Å². The van der Waals surface area contributed by atoms with Gasteiger partial charge in [0.05, 0.1) is 0 Å². The first kappa shape index (κ1) is 22.3. The molecule has 0 saturated carbocycles. The largest absolute Gasteiger partial charge is 0.298 e. The molecule has 0 amide bonds. The maximum atomic E-state index is 13.4. The lowest BCUT2D eigenvalue weighted by molar-refractivity contribution is -0.110. The van der Waals surface area contributed by atoms with Crippen LogP contribution in [0.3, 0.4) is 0 Å². The number of terminal acetylenes is 1. The third-order valence-electron chi connectivity index (χ3n) is 4.87. The van der Waals surface area contributed by atoms with Gasteiger partial charge in [-0.05, 0) is 54.1 Å². The van der Waals surface area contributed by atoms with Gasteiger partial charge in [-0.3, -0.25) is 9.69 Å². The molecule has 0 radical (unpaired) electrons. The Hall–Kier alpha value is -3.38. The highest BCUT2D eigenvalue weighted by Crippen LogP contribution is 2.24. The molecule has 2 nitrogen and oxygen atoms in total. The zero-order valence-corrected chi connectivity index (χ0v) is 18.3. The van der Waals surface area contributed by atoms with Crippen molar-refractivity contribution in [2.45, 2.75) is 6.54 Å². The molecule has 3 rings (SSSR count). The summed E-state index contributed by atoms with van der Waals surface area (Å²) in [6.45, 7) is 5.29. The highest BCUT2D eigenvalue weighted by molar-refractivity contribution is 6.32. The lowest BCUT2D eigenvalue weighted by Gasteiger charge is -2.18. The Morgan fingerprint density at radius 2 is 1.68 bits per heavy atom. The number of likely N-dealkylation sites (N-methyl/N-ethyl adjacent to an activating group) is 1. The molecule has 0 aliphatic carbocycles. The van der Waals surface area contributed by atoms with Crippen LogP contribution < -0.4 is 0 Å². The molecule has 0 aliphatic heterocycles. The van der Waals surface area contributed by atoms with Crippen LogP contribution in [-0.4, -0.2) is 24.3 Å². The number of allylic oxidation sites excluding steroid dienone is 1. The normalized spacial score (nSPS) is 11.2. The summed E-state index contributed by atoms with van der Waals surface area (Å²) in [5.41, 5.74) is 4.74. The van der Waals surface area contributed by atoms with Crippen molar-refractivity contribution in [3.8, 4) is 12.3 Å². The van der Waals surface area contributed by atoms with Gasteiger partial charge >= 0.3 is 0 Å². The van der Waals surface area contributed by atoms with Crippen LogP contribution in [0.2, 0.25) is 5.02 Å². The molecule has 0 fully saturated rings. The topological polar surface area (TPSA) is 20.3 Å². The van der Waals surface area contributed by atoms with Gasteiger partial charge in [0, 0.05) is 34.8 Å². The van der Waals surface area contributed by atoms with Crippen molar-refractivity contribution >= 4 is 29.0 Å². The van der Waals surface area contributed by atoms with E-state index >= 15 is 0 Å². The van der Waals surface area contributed by atoms with Gasteiger partial charge in [-0.1, -0.05) is 78.7 Å². The van der Waals surface area contributed by atoms with E-state index in [0.29, 0.717) is 22.7 Å². The van der Waals surface area contributed by atoms with Crippen LogP contribution in [0.4, 0.5) is 0 Å². The summed E-state index contributed by atoms with van der Waals surface area (Å²) >= 11 is 6.01. The van der Waals surface area contributed by atoms with Crippen LogP contribution in [0.5, 0.6) is 0 Å². The maximum Gasteiger partial charge on any atom is 0.190 e. The van der Waals surface area contributed by atoms with Gasteiger partial charge in [-0.25, -0.2) is 0 Å². The van der Waals surface area contributed by atoms with Crippen molar-refractivity contribution in [2.24, 2.45) is 0 Å². The average Bonchev–Trinajstić information content (AvgIpc) is 2.79. The number of carbonyl (C=O) groups is 1. The van der Waals surface area contributed by atoms with E-state index in [1.165, 1.54) is 5.56 Å². The van der Waals surface area contributed by atoms with Crippen molar-refractivity contribution in [2.75, 3.05) is 13.6 Å². The first-order valence-electron chi connectivity index (χ1n) is 9.95. The van der Waals surface area contributed by atoms with Gasteiger partial charge in [0.25, 0.3) is 0 Å². The van der Waals surface area contributed by atoms with Gasteiger partial charge in [-0.15, -0.1) is 6.42 Å². The molecule has 3 aromatic carbocycles. The summed E-state index contributed by atoms with van der Waals surface area (Å²) in [6.07, 6.45) is 7.34. The lowest BCUT2D eigenvalue weighted by Crippen LogP contribution is -2.23. The molecule has 0 heterocycles. The summed E-state index contributed by atoms with van der Waals surface area (Å²) in [6, 6.07) is 24.9. The van der Waals surface area contributed by atoms with Crippen molar-refractivity contribution in [3.63, 3.8) is 0 Å². The van der Waals surface area contributed by atoms with Gasteiger partial charge in [0.2, 0.25) is 0 Å². The summed E-state index contributed by atoms with van der Waals surface area (Å²) in [5, 5.41) is 0.648. The van der Waals surface area contributed by atoms with Gasteiger partial charge in [-0.2, -0.15) is 0 Å². The first-order valence-corrected chi connectivity index (χ1v) is 10.3. The smallest absolute Gasteiger partial charge is 0.190 e. The van der Waals surface area contributed by atoms with E-state index in [2.05, 4.69) is 29.5 Å². The van der Waals surface area contributed by atoms with E-state index in [9.17, 15) is 4.79 Å². The second-order valence-corrected chi connectivity index (χ2v) is 7.86. The van der Waals surface area contributed by atoms with Crippen LogP contribution in [-0.2, 0) is 11.3 Å². The standard InChI is InChI=1S/C28H24ClNO/c1-4-22-10-14-25(15-11-22)27(18-23-12-16-26(29)17-13-23)28(31)21(2)19-30(3)20-24-8-6-5-7-9-24/h1,5-18H,2,19-20H2,3H3/b27-18+. The van der Waals surface area contributed by atoms with Crippen molar-refractivity contribution in [1.29, 1.82) is 0 Å². The molecule has 0 N–H and O–H groups in total. The van der Waals surface area contributed by atoms with E-state index in [0.717, 1.165) is 23.2 Å². The molecule has 0 unspecified atom stereocenters. The number of hydrogen-bond donors (Lipinski definition) is 0. The Bertz CT molecular complexity index is 1120. The summed E-state index contributed by atoms with van der Waals surface area (Å²) in [5.74, 6) is 2.51. The molecule has 31 heavy (non-hydrogen) atoms. The van der Waals surface area contributed by atoms with E-state index in [1.54, 1.807) is 12.1 Å². The zero-order chi connectivity index (χ0) is 22.2. The predicted octanol–water partition coefficient (Wildman–Crippen LogP) is 6.12. The molecule has 0 aromatic heterocycles. The van der Waals surface area contributed by atoms with Crippen molar-refractivity contribution in [3.05, 3.63) is 118 Å². The van der Waals surface area contributed by atoms with Crippen LogP contribution in [0.25, 0.3) is 11.6 Å². The Balaban J connectivity index is 1.85. The number of rotatable bonds is 8. The summed E-state index contributed by atoms with van der Waals surface area (Å²) < 4.78 is 0. The number of halogens is 1. The van der Waals surface area contributed by atoms with Crippen molar-refractivity contribution in [1.82, 2.24) is 4.90 Å². The monoisotopic (exact) mass is 425 g/mol. The zero-order valence-electron chi connectivity index (χ0n) is 17.5. The molecule has 3 aromatic rings. The lowest BCUT2D eigenvalue weighted by atomic mass is 9.94. The average molecular weight is 426 g/mol. The molecule has 0 aliphatic rings. The third-order valence-corrected chi connectivity index (χ3v) is 5.12. The Labute approximate surface area is 189 Å². The van der Waals surface area contributed by atoms with E-state index in [-0.39, 0.29) is 5.78 Å². The molecule has 0 saturated heterocycles. The van der Waals surface area contributed by atoms with Crippen LogP contribution in [0, 0.1) is 12.3 Å². The Morgan fingerprint density at radius 3 is 2.29 bits per heavy atom. The summed E-state index contributed by atoms with van der Waals surface area (Å²) in [7, 11) is 1.98. The number of Topliss-reactive ketones (excluding diaryl/α,β-unsaturated/α-hetero) is 1. The highest BCUT2D eigenvalue weighted by Gasteiger charge is 2.17. The number of nitrogens with zero attached hydrogens (tertiary/aromatic N) is 1. The second kappa shape index (κ2) is 10.6. The SMILES string of the molecule is C#Cc1ccc(/C(=C\c2ccc(Cl)cc2)C(=O)C(=C)CN(C)Cc2ccccc2)cc1. The quantitative estimate of drug-likeness (QED) is 0.246. The fourth-order valence-corrected chi connectivity index (χ4v) is 3.42. The third kappa shape index (κ3) is 6.30. The minimum absolute atomic E-state index is 0.0941. The molecular weight excluding hydrogens is 402 g/mol. The molecule has 0 atom stereocenters. The Kier molecular flexibility index (Phi) is 7.62. The summed E-state index contributed by atoms with van der Waals surface area (Å²) in [4.78, 5) is 15.5. The molecule has 3 heteroatoms. The second-order valence-electron chi connectivity index (χ2n) is 7.42. The first-order chi connectivity index (χ1) is 15.0. The highest BCUT2D eigenvalue weighted by atomic mass is 35.5. The van der Waals surface area contributed by atoms with E-state index < -0.39 is 0 Å². The molecule has 0 spiro atoms. The van der Waals surface area contributed by atoms with E-state index in [1.807, 2.05) is 67.7 Å². The molecule has 0 bridgehead atoms. The number of ketones is 1. The maximum absolute atomic E-state index is 13.4. The minimum Gasteiger partial charge on any atom is -0.298 e. The fraction of sp³-hybridized carbons (Fsp3) is 0.107. The minimum atomic E-state index is -0.0941. The molecule has 154 valence electrons.